The van der Waals surface area contributed by atoms with Crippen molar-refractivity contribution in [1.82, 2.24) is 9.99 Å². The molecule has 32 heavy (non-hydrogen) atoms. The summed E-state index contributed by atoms with van der Waals surface area (Å²) >= 11 is 0. The van der Waals surface area contributed by atoms with Gasteiger partial charge in [0.25, 0.3) is 5.91 Å². The number of nitrogens with zero attached hydrogens (tertiary/aromatic N) is 2. The molecule has 0 saturated heterocycles. The van der Waals surface area contributed by atoms with E-state index in [-0.39, 0.29) is 5.82 Å². The van der Waals surface area contributed by atoms with Crippen LogP contribution in [0.25, 0.3) is 10.9 Å². The molecule has 4 rings (SSSR count). The number of benzene rings is 3. The van der Waals surface area contributed by atoms with Gasteiger partial charge in [-0.05, 0) is 35.9 Å². The predicted octanol–water partition coefficient (Wildman–Crippen LogP) is 4.61. The van der Waals surface area contributed by atoms with E-state index in [0.717, 1.165) is 22.0 Å². The Morgan fingerprint density at radius 3 is 2.59 bits per heavy atom. The van der Waals surface area contributed by atoms with Crippen LogP contribution in [-0.4, -0.2) is 30.9 Å². The second-order valence-electron chi connectivity index (χ2n) is 7.12. The van der Waals surface area contributed by atoms with Gasteiger partial charge in [-0.1, -0.05) is 30.3 Å². The number of amides is 1. The molecular formula is C25H22FN3O3. The van der Waals surface area contributed by atoms with Crippen LogP contribution in [0, 0.1) is 5.82 Å². The van der Waals surface area contributed by atoms with Crippen molar-refractivity contribution >= 4 is 23.0 Å². The maximum absolute atomic E-state index is 13.2. The van der Waals surface area contributed by atoms with Gasteiger partial charge in [-0.25, -0.2) is 9.82 Å². The van der Waals surface area contributed by atoms with Crippen molar-refractivity contribution in [2.24, 2.45) is 5.10 Å². The minimum atomic E-state index is -0.393. The monoisotopic (exact) mass is 431 g/mol. The number of aromatic nitrogens is 1. The molecule has 7 heteroatoms. The summed E-state index contributed by atoms with van der Waals surface area (Å²) in [6.45, 7) is 0.587. The SMILES string of the molecule is COc1ccc(C(=O)NN=Cc2cn(Cc3ccc(F)cc3)c3ccccc23)c(OC)c1. The quantitative estimate of drug-likeness (QED) is 0.343. The molecule has 0 spiro atoms. The first-order valence-electron chi connectivity index (χ1n) is 9.97. The first-order chi connectivity index (χ1) is 15.6. The van der Waals surface area contributed by atoms with Gasteiger partial charge in [0.2, 0.25) is 0 Å². The summed E-state index contributed by atoms with van der Waals surface area (Å²) in [5.74, 6) is 0.336. The number of ether oxygens (including phenoxy) is 2. The van der Waals surface area contributed by atoms with Crippen molar-refractivity contribution in [1.29, 1.82) is 0 Å². The van der Waals surface area contributed by atoms with E-state index in [9.17, 15) is 9.18 Å². The van der Waals surface area contributed by atoms with Crippen LogP contribution in [0.2, 0.25) is 0 Å². The van der Waals surface area contributed by atoms with Gasteiger partial charge in [-0.15, -0.1) is 0 Å². The molecule has 0 aliphatic rings. The zero-order chi connectivity index (χ0) is 22.5. The van der Waals surface area contributed by atoms with Crippen molar-refractivity contribution in [2.45, 2.75) is 6.54 Å². The largest absolute Gasteiger partial charge is 0.497 e. The molecule has 0 aliphatic carbocycles. The second-order valence-corrected chi connectivity index (χ2v) is 7.12. The lowest BCUT2D eigenvalue weighted by atomic mass is 10.2. The van der Waals surface area contributed by atoms with Crippen LogP contribution in [-0.2, 0) is 6.54 Å². The zero-order valence-corrected chi connectivity index (χ0v) is 17.7. The van der Waals surface area contributed by atoms with E-state index in [1.165, 1.54) is 19.2 Å². The van der Waals surface area contributed by atoms with E-state index in [0.29, 0.717) is 23.6 Å². The first-order valence-corrected chi connectivity index (χ1v) is 9.97. The number of rotatable bonds is 7. The highest BCUT2D eigenvalue weighted by Crippen LogP contribution is 2.25. The van der Waals surface area contributed by atoms with Crippen LogP contribution in [0.3, 0.4) is 0 Å². The lowest BCUT2D eigenvalue weighted by Crippen LogP contribution is -2.18. The lowest BCUT2D eigenvalue weighted by molar-refractivity contribution is 0.0952. The molecule has 0 bridgehead atoms. The van der Waals surface area contributed by atoms with Crippen molar-refractivity contribution < 1.29 is 18.7 Å². The Morgan fingerprint density at radius 1 is 1.06 bits per heavy atom. The zero-order valence-electron chi connectivity index (χ0n) is 17.7. The smallest absolute Gasteiger partial charge is 0.275 e. The highest BCUT2D eigenvalue weighted by Gasteiger charge is 2.13. The highest BCUT2D eigenvalue weighted by atomic mass is 19.1. The number of nitrogens with one attached hydrogen (secondary N) is 1. The van der Waals surface area contributed by atoms with E-state index in [2.05, 4.69) is 15.1 Å². The molecule has 1 heterocycles. The van der Waals surface area contributed by atoms with Crippen LogP contribution in [0.1, 0.15) is 21.5 Å². The fourth-order valence-corrected chi connectivity index (χ4v) is 3.50. The molecule has 0 unspecified atom stereocenters. The summed E-state index contributed by atoms with van der Waals surface area (Å²) in [4.78, 5) is 12.6. The number of methoxy groups -OCH3 is 2. The van der Waals surface area contributed by atoms with Gasteiger partial charge in [0.15, 0.2) is 0 Å². The standard InChI is InChI=1S/C25H22FN3O3/c1-31-20-11-12-22(24(13-20)32-2)25(30)28-27-14-18-16-29(23-6-4-3-5-21(18)23)15-17-7-9-19(26)10-8-17/h3-14,16H,15H2,1-2H3,(H,28,30). The van der Waals surface area contributed by atoms with Crippen molar-refractivity contribution in [3.05, 3.63) is 95.4 Å². The summed E-state index contributed by atoms with van der Waals surface area (Å²) in [7, 11) is 3.04. The van der Waals surface area contributed by atoms with Crippen LogP contribution in [0.5, 0.6) is 11.5 Å². The van der Waals surface area contributed by atoms with Gasteiger partial charge in [0.1, 0.15) is 17.3 Å². The average Bonchev–Trinajstić information content (AvgIpc) is 3.17. The van der Waals surface area contributed by atoms with Crippen LogP contribution < -0.4 is 14.9 Å². The normalized spacial score (nSPS) is 11.1. The van der Waals surface area contributed by atoms with Gasteiger partial charge in [0.05, 0.1) is 26.0 Å². The Morgan fingerprint density at radius 2 is 1.84 bits per heavy atom. The summed E-state index contributed by atoms with van der Waals surface area (Å²) in [5, 5.41) is 5.14. The third-order valence-electron chi connectivity index (χ3n) is 5.11. The van der Waals surface area contributed by atoms with Gasteiger partial charge >= 0.3 is 0 Å². The predicted molar refractivity (Wildman–Crippen MR) is 122 cm³/mol. The third-order valence-corrected chi connectivity index (χ3v) is 5.11. The van der Waals surface area contributed by atoms with E-state index in [4.69, 9.17) is 9.47 Å². The van der Waals surface area contributed by atoms with Crippen LogP contribution in [0.15, 0.2) is 78.0 Å². The maximum Gasteiger partial charge on any atom is 0.275 e. The number of fused-ring (bicyclic) bond motifs is 1. The highest BCUT2D eigenvalue weighted by molar-refractivity contribution is 6.01. The molecule has 1 amide bonds. The Bertz CT molecular complexity index is 1280. The Kier molecular flexibility index (Phi) is 6.17. The molecule has 162 valence electrons. The number of para-hydroxylation sites is 1. The second kappa shape index (κ2) is 9.34. The number of hydrazone groups is 1. The topological polar surface area (TPSA) is 64.8 Å². The van der Waals surface area contributed by atoms with Gasteiger partial charge in [-0.3, -0.25) is 4.79 Å². The van der Waals surface area contributed by atoms with E-state index < -0.39 is 5.91 Å². The lowest BCUT2D eigenvalue weighted by Gasteiger charge is -2.08. The first kappa shape index (κ1) is 21.1. The molecule has 0 saturated carbocycles. The maximum atomic E-state index is 13.2. The molecule has 4 aromatic rings. The summed E-state index contributed by atoms with van der Waals surface area (Å²) < 4.78 is 25.7. The average molecular weight is 431 g/mol. The summed E-state index contributed by atoms with van der Waals surface area (Å²) in [5.41, 5.74) is 5.75. The molecule has 0 radical (unpaired) electrons. The molecule has 1 aromatic heterocycles. The molecule has 0 aliphatic heterocycles. The minimum absolute atomic E-state index is 0.261. The Hall–Kier alpha value is -4.13. The van der Waals surface area contributed by atoms with Crippen molar-refractivity contribution in [3.8, 4) is 11.5 Å². The minimum Gasteiger partial charge on any atom is -0.497 e. The van der Waals surface area contributed by atoms with E-state index in [1.54, 1.807) is 43.7 Å². The van der Waals surface area contributed by atoms with E-state index >= 15 is 0 Å². The summed E-state index contributed by atoms with van der Waals surface area (Å²) in [6.07, 6.45) is 3.56. The molecular weight excluding hydrogens is 409 g/mol. The molecule has 1 N–H and O–H groups in total. The van der Waals surface area contributed by atoms with Gasteiger partial charge in [0, 0.05) is 35.3 Å². The van der Waals surface area contributed by atoms with E-state index in [1.807, 2.05) is 30.5 Å². The Balaban J connectivity index is 1.55. The van der Waals surface area contributed by atoms with Crippen molar-refractivity contribution in [2.75, 3.05) is 14.2 Å². The molecule has 6 nitrogen and oxygen atoms in total. The molecule has 0 fully saturated rings. The number of hydrogen-bond donors (Lipinski definition) is 1. The fraction of sp³-hybridized carbons (Fsp3) is 0.120. The Labute approximate surface area is 184 Å². The molecule has 0 atom stereocenters. The van der Waals surface area contributed by atoms with Crippen molar-refractivity contribution in [3.63, 3.8) is 0 Å². The third kappa shape index (κ3) is 4.46. The number of halogens is 1. The number of carbonyl (C=O) groups excluding carboxylic acids is 1. The van der Waals surface area contributed by atoms with Crippen LogP contribution >= 0.6 is 0 Å². The number of hydrogen-bond acceptors (Lipinski definition) is 4. The molecule has 3 aromatic carbocycles. The van der Waals surface area contributed by atoms with Gasteiger partial charge < -0.3 is 14.0 Å². The fourth-order valence-electron chi connectivity index (χ4n) is 3.50. The number of carbonyl (C=O) groups is 1. The summed E-state index contributed by atoms with van der Waals surface area (Å²) in [6, 6.07) is 19.3. The van der Waals surface area contributed by atoms with Crippen LogP contribution in [0.4, 0.5) is 4.39 Å². The van der Waals surface area contributed by atoms with Gasteiger partial charge in [-0.2, -0.15) is 5.10 Å².